The molecule has 6 nitrogen and oxygen atoms in total. The summed E-state index contributed by atoms with van der Waals surface area (Å²) in [6.07, 6.45) is 0. The van der Waals surface area contributed by atoms with Gasteiger partial charge in [-0.1, -0.05) is 0 Å². The topological polar surface area (TPSA) is 65.7 Å². The summed E-state index contributed by atoms with van der Waals surface area (Å²) in [6, 6.07) is 3.81. The van der Waals surface area contributed by atoms with Gasteiger partial charge in [-0.05, 0) is 17.4 Å². The normalized spacial score (nSPS) is 12.1. The van der Waals surface area contributed by atoms with Crippen LogP contribution < -0.4 is 4.74 Å². The molecule has 0 aromatic carbocycles. The number of methoxy groups -OCH3 is 1. The fraction of sp³-hybridized carbons (Fsp3) is 0.273. The summed E-state index contributed by atoms with van der Waals surface area (Å²) in [6.45, 7) is 1.93. The molecule has 1 unspecified atom stereocenters. The van der Waals surface area contributed by atoms with Crippen LogP contribution >= 0.6 is 20.5 Å². The third kappa shape index (κ3) is 2.28. The third-order valence-electron chi connectivity index (χ3n) is 2.71. The highest BCUT2D eigenvalue weighted by Gasteiger charge is 2.20. The van der Waals surface area contributed by atoms with Gasteiger partial charge in [-0.15, -0.1) is 10.2 Å². The second-order valence-corrected chi connectivity index (χ2v) is 6.95. The Morgan fingerprint density at radius 1 is 1.32 bits per heavy atom. The average molecular weight is 294 g/mol. The van der Waals surface area contributed by atoms with Crippen molar-refractivity contribution in [3.05, 3.63) is 23.3 Å². The molecule has 0 aliphatic rings. The Kier molecular flexibility index (Phi) is 3.11. The van der Waals surface area contributed by atoms with Crippen molar-refractivity contribution in [1.82, 2.24) is 24.1 Å². The summed E-state index contributed by atoms with van der Waals surface area (Å²) < 4.78 is 11.6. The van der Waals surface area contributed by atoms with Crippen molar-refractivity contribution in [2.45, 2.75) is 12.1 Å². The van der Waals surface area contributed by atoms with Crippen LogP contribution in [0.3, 0.4) is 0 Å². The molecule has 0 saturated carbocycles. The van der Waals surface area contributed by atoms with Crippen molar-refractivity contribution in [1.29, 1.82) is 0 Å². The molecule has 98 valence electrons. The maximum absolute atomic E-state index is 5.10. The van der Waals surface area contributed by atoms with Gasteiger partial charge in [0.2, 0.25) is 22.3 Å². The van der Waals surface area contributed by atoms with Crippen molar-refractivity contribution in [2.24, 2.45) is 7.05 Å². The highest BCUT2D eigenvalue weighted by atomic mass is 33.1. The smallest absolute Gasteiger partial charge is 0.250 e. The first-order chi connectivity index (χ1) is 9.17. The van der Waals surface area contributed by atoms with Gasteiger partial charge in [-0.2, -0.15) is 4.98 Å². The molecule has 3 aromatic rings. The summed E-state index contributed by atoms with van der Waals surface area (Å²) >= 11 is 0. The summed E-state index contributed by atoms with van der Waals surface area (Å²) in [5.74, 6) is 1.48. The number of aromatic nitrogens is 5. The van der Waals surface area contributed by atoms with Crippen LogP contribution in [0.25, 0.3) is 11.0 Å². The molecule has 0 aliphatic carbocycles. The van der Waals surface area contributed by atoms with E-state index in [1.807, 2.05) is 30.7 Å². The fourth-order valence-electron chi connectivity index (χ4n) is 1.52. The molecule has 0 aliphatic heterocycles. The number of fused-ring (bicyclic) bond motifs is 1. The monoisotopic (exact) mass is 294 g/mol. The molecule has 19 heavy (non-hydrogen) atoms. The average Bonchev–Trinajstić information content (AvgIpc) is 2.95. The minimum atomic E-state index is -0.307. The zero-order valence-electron chi connectivity index (χ0n) is 10.7. The lowest BCUT2D eigenvalue weighted by Crippen LogP contribution is -1.92. The molecule has 0 saturated heterocycles. The fourth-order valence-corrected chi connectivity index (χ4v) is 4.52. The van der Waals surface area contributed by atoms with Gasteiger partial charge in [0.25, 0.3) is 5.16 Å². The van der Waals surface area contributed by atoms with Crippen LogP contribution in [0, 0.1) is 6.92 Å². The van der Waals surface area contributed by atoms with Crippen LogP contribution in [0.5, 0.6) is 5.88 Å². The lowest BCUT2D eigenvalue weighted by Gasteiger charge is -1.93. The molecule has 0 bridgehead atoms. The molecular weight excluding hydrogens is 282 g/mol. The Morgan fingerprint density at radius 2 is 2.16 bits per heavy atom. The van der Waals surface area contributed by atoms with Gasteiger partial charge in [-0.25, -0.2) is 0 Å². The highest BCUT2D eigenvalue weighted by molar-refractivity contribution is 8.44. The van der Waals surface area contributed by atoms with Gasteiger partial charge in [0.15, 0.2) is 15.1 Å². The lowest BCUT2D eigenvalue weighted by atomic mass is 10.4. The first kappa shape index (κ1) is 12.4. The van der Waals surface area contributed by atoms with Gasteiger partial charge in [0, 0.05) is 13.1 Å². The van der Waals surface area contributed by atoms with Crippen molar-refractivity contribution >= 4 is 31.5 Å². The number of hydrogen-bond donors (Lipinski definition) is 0. The largest absolute Gasteiger partial charge is 0.481 e. The van der Waals surface area contributed by atoms with Crippen LogP contribution in [0.1, 0.15) is 5.82 Å². The second kappa shape index (κ2) is 4.78. The Labute approximate surface area is 116 Å². The van der Waals surface area contributed by atoms with Crippen LogP contribution in [0.2, 0.25) is 0 Å². The number of aryl methyl sites for hydroxylation is 1. The van der Waals surface area contributed by atoms with Gasteiger partial charge < -0.3 is 9.30 Å². The van der Waals surface area contributed by atoms with Crippen LogP contribution in [0.15, 0.2) is 22.7 Å². The summed E-state index contributed by atoms with van der Waals surface area (Å²) in [4.78, 5) is 4.32. The van der Waals surface area contributed by atoms with E-state index in [9.17, 15) is 0 Å². The zero-order valence-corrected chi connectivity index (χ0v) is 12.3. The van der Waals surface area contributed by atoms with E-state index in [-0.39, 0.29) is 9.70 Å². The molecule has 0 amide bonds. The SMILES string of the molecule is COc1ccc2c[s+](Sc3nnc(C)n3C)nc2n1. The Morgan fingerprint density at radius 3 is 2.84 bits per heavy atom. The number of nitrogens with zero attached hydrogens (tertiary/aromatic N) is 5. The maximum atomic E-state index is 5.10. The van der Waals surface area contributed by atoms with Crippen LogP contribution in [-0.4, -0.2) is 31.2 Å². The minimum absolute atomic E-state index is 0.307. The van der Waals surface area contributed by atoms with Crippen molar-refractivity contribution in [3.8, 4) is 5.88 Å². The zero-order chi connectivity index (χ0) is 13.4. The van der Waals surface area contributed by atoms with E-state index in [0.717, 1.165) is 22.0 Å². The number of hydrogen-bond acceptors (Lipinski definition) is 6. The minimum Gasteiger partial charge on any atom is -0.481 e. The predicted molar refractivity (Wildman–Crippen MR) is 75.6 cm³/mol. The molecule has 0 radical (unpaired) electrons. The van der Waals surface area contributed by atoms with E-state index in [1.165, 1.54) is 0 Å². The van der Waals surface area contributed by atoms with E-state index in [4.69, 9.17) is 4.74 Å². The Hall–Kier alpha value is -1.67. The van der Waals surface area contributed by atoms with Gasteiger partial charge in [0.1, 0.15) is 5.82 Å². The first-order valence-corrected chi connectivity index (χ1v) is 8.14. The lowest BCUT2D eigenvalue weighted by molar-refractivity contribution is 0.399. The second-order valence-electron chi connectivity index (χ2n) is 3.92. The highest BCUT2D eigenvalue weighted by Crippen LogP contribution is 2.38. The molecule has 0 spiro atoms. The van der Waals surface area contributed by atoms with Crippen molar-refractivity contribution < 1.29 is 4.74 Å². The maximum Gasteiger partial charge on any atom is 0.250 e. The molecule has 8 heteroatoms. The number of rotatable bonds is 3. The molecule has 3 heterocycles. The standard InChI is InChI=1S/C11H12N5OS2/c1-7-13-14-11(16(7)2)18-19-6-8-4-5-9(17-3)12-10(8)15-19/h4-6H,1-3H3/q+1. The van der Waals surface area contributed by atoms with E-state index in [1.54, 1.807) is 17.9 Å². The van der Waals surface area contributed by atoms with Gasteiger partial charge >= 0.3 is 0 Å². The van der Waals surface area contributed by atoms with E-state index >= 15 is 0 Å². The van der Waals surface area contributed by atoms with Gasteiger partial charge in [0.05, 0.1) is 12.5 Å². The Balaban J connectivity index is 1.95. The van der Waals surface area contributed by atoms with Crippen LogP contribution in [-0.2, 0) is 7.05 Å². The molecular formula is C11H12N5OS2+. The first-order valence-electron chi connectivity index (χ1n) is 5.56. The molecule has 0 fully saturated rings. The molecule has 3 aromatic heterocycles. The predicted octanol–water partition coefficient (Wildman–Crippen LogP) is 2.38. The summed E-state index contributed by atoms with van der Waals surface area (Å²) in [5.41, 5.74) is 0.731. The quantitative estimate of drug-likeness (QED) is 0.546. The van der Waals surface area contributed by atoms with E-state index in [0.29, 0.717) is 5.88 Å². The summed E-state index contributed by atoms with van der Waals surface area (Å²) in [7, 11) is 4.83. The molecule has 3 rings (SSSR count). The third-order valence-corrected chi connectivity index (χ3v) is 5.66. The van der Waals surface area contributed by atoms with Crippen molar-refractivity contribution in [2.75, 3.05) is 7.11 Å². The van der Waals surface area contributed by atoms with Crippen LogP contribution in [0.4, 0.5) is 0 Å². The van der Waals surface area contributed by atoms with Crippen molar-refractivity contribution in [3.63, 3.8) is 0 Å². The Bertz CT molecular complexity index is 736. The van der Waals surface area contributed by atoms with Gasteiger partial charge in [-0.3, -0.25) is 0 Å². The molecule has 1 atom stereocenters. The van der Waals surface area contributed by atoms with E-state index < -0.39 is 0 Å². The molecule has 0 N–H and O–H groups in total. The number of pyridine rings is 1. The van der Waals surface area contributed by atoms with E-state index in [2.05, 4.69) is 24.9 Å². The summed E-state index contributed by atoms with van der Waals surface area (Å²) in [5, 5.41) is 12.2. The number of ether oxygens (including phenoxy) is 1.